The Kier molecular flexibility index (Phi) is 9.90. The van der Waals surface area contributed by atoms with Gasteiger partial charge in [-0.3, -0.25) is 14.4 Å². The SMILES string of the molecule is CCCCOC(=O)c1ccc(NC(=O)COC(=O)CCC(=O)Nc2cccc(C)c2)cc1. The number of amides is 2. The zero-order valence-electron chi connectivity index (χ0n) is 18.3. The van der Waals surface area contributed by atoms with Gasteiger partial charge in [0.05, 0.1) is 18.6 Å². The summed E-state index contributed by atoms with van der Waals surface area (Å²) in [5.41, 5.74) is 2.50. The van der Waals surface area contributed by atoms with Crippen LogP contribution >= 0.6 is 0 Å². The second-order valence-electron chi connectivity index (χ2n) is 7.19. The molecule has 0 bridgehead atoms. The van der Waals surface area contributed by atoms with Crippen molar-refractivity contribution >= 4 is 35.1 Å². The quantitative estimate of drug-likeness (QED) is 0.406. The molecule has 0 saturated heterocycles. The van der Waals surface area contributed by atoms with Crippen molar-refractivity contribution < 1.29 is 28.7 Å². The third-order valence-corrected chi connectivity index (χ3v) is 4.36. The smallest absolute Gasteiger partial charge is 0.338 e. The fourth-order valence-corrected chi connectivity index (χ4v) is 2.66. The van der Waals surface area contributed by atoms with Crippen LogP contribution in [0.1, 0.15) is 48.5 Å². The predicted molar refractivity (Wildman–Crippen MR) is 120 cm³/mol. The standard InChI is InChI=1S/C24H28N2O6/c1-3-4-14-31-24(30)18-8-10-19(11-9-18)25-22(28)16-32-23(29)13-12-21(27)26-20-7-5-6-17(2)15-20/h5-11,15H,3-4,12-14,16H2,1-2H3,(H,25,28)(H,26,27). The van der Waals surface area contributed by atoms with Crippen LogP contribution in [-0.2, 0) is 23.9 Å². The largest absolute Gasteiger partial charge is 0.462 e. The molecule has 0 saturated carbocycles. The Hall–Kier alpha value is -3.68. The molecule has 170 valence electrons. The number of rotatable bonds is 11. The Labute approximate surface area is 187 Å². The second-order valence-corrected chi connectivity index (χ2v) is 7.19. The third-order valence-electron chi connectivity index (χ3n) is 4.36. The number of carbonyl (C=O) groups is 4. The number of unbranched alkanes of at least 4 members (excludes halogenated alkanes) is 1. The molecular formula is C24H28N2O6. The second kappa shape index (κ2) is 12.9. The van der Waals surface area contributed by atoms with E-state index in [0.29, 0.717) is 23.5 Å². The first-order valence-electron chi connectivity index (χ1n) is 10.5. The lowest BCUT2D eigenvalue weighted by molar-refractivity contribution is -0.147. The lowest BCUT2D eigenvalue weighted by atomic mass is 10.2. The Bertz CT molecular complexity index is 940. The summed E-state index contributed by atoms with van der Waals surface area (Å²) in [5.74, 6) is -1.91. The Morgan fingerprint density at radius 1 is 0.844 bits per heavy atom. The van der Waals surface area contributed by atoms with E-state index in [1.54, 1.807) is 30.3 Å². The van der Waals surface area contributed by atoms with Crippen molar-refractivity contribution in [3.63, 3.8) is 0 Å². The highest BCUT2D eigenvalue weighted by atomic mass is 16.5. The number of carbonyl (C=O) groups excluding carboxylic acids is 4. The normalized spacial score (nSPS) is 10.2. The molecule has 0 aliphatic carbocycles. The number of aryl methyl sites for hydroxylation is 1. The lowest BCUT2D eigenvalue weighted by Gasteiger charge is -2.08. The highest BCUT2D eigenvalue weighted by molar-refractivity contribution is 5.95. The third kappa shape index (κ3) is 8.99. The van der Waals surface area contributed by atoms with Gasteiger partial charge in [0, 0.05) is 17.8 Å². The van der Waals surface area contributed by atoms with Crippen LogP contribution in [0.3, 0.4) is 0 Å². The van der Waals surface area contributed by atoms with Crippen LogP contribution < -0.4 is 10.6 Å². The lowest BCUT2D eigenvalue weighted by Crippen LogP contribution is -2.21. The van der Waals surface area contributed by atoms with Gasteiger partial charge >= 0.3 is 11.9 Å². The Morgan fingerprint density at radius 2 is 1.56 bits per heavy atom. The average Bonchev–Trinajstić information content (AvgIpc) is 2.77. The first-order valence-corrected chi connectivity index (χ1v) is 10.5. The van der Waals surface area contributed by atoms with Crippen LogP contribution in [0, 0.1) is 6.92 Å². The molecule has 2 N–H and O–H groups in total. The van der Waals surface area contributed by atoms with Crippen molar-refractivity contribution in [2.45, 2.75) is 39.5 Å². The Morgan fingerprint density at radius 3 is 2.25 bits per heavy atom. The van der Waals surface area contributed by atoms with E-state index in [2.05, 4.69) is 10.6 Å². The first kappa shape index (κ1) is 24.6. The molecule has 0 aliphatic rings. The van der Waals surface area contributed by atoms with Crippen molar-refractivity contribution in [3.05, 3.63) is 59.7 Å². The maximum atomic E-state index is 12.0. The summed E-state index contributed by atoms with van der Waals surface area (Å²) >= 11 is 0. The minimum Gasteiger partial charge on any atom is -0.462 e. The molecule has 8 nitrogen and oxygen atoms in total. The molecule has 8 heteroatoms. The molecule has 2 aromatic carbocycles. The fourth-order valence-electron chi connectivity index (χ4n) is 2.66. The highest BCUT2D eigenvalue weighted by Gasteiger charge is 2.12. The molecule has 0 aromatic heterocycles. The van der Waals surface area contributed by atoms with Gasteiger partial charge in [0.25, 0.3) is 5.91 Å². The number of ether oxygens (including phenoxy) is 2. The summed E-state index contributed by atoms with van der Waals surface area (Å²) in [5, 5.41) is 5.27. The molecule has 0 unspecified atom stereocenters. The summed E-state index contributed by atoms with van der Waals surface area (Å²) < 4.78 is 10.0. The molecule has 2 aromatic rings. The van der Waals surface area contributed by atoms with E-state index < -0.39 is 24.5 Å². The van der Waals surface area contributed by atoms with Crippen molar-refractivity contribution in [3.8, 4) is 0 Å². The van der Waals surface area contributed by atoms with Crippen LogP contribution in [0.5, 0.6) is 0 Å². The number of anilines is 2. The van der Waals surface area contributed by atoms with Crippen LogP contribution in [0.25, 0.3) is 0 Å². The van der Waals surface area contributed by atoms with E-state index in [1.165, 1.54) is 0 Å². The highest BCUT2D eigenvalue weighted by Crippen LogP contribution is 2.12. The molecule has 2 amide bonds. The fraction of sp³-hybridized carbons (Fsp3) is 0.333. The number of hydrogen-bond donors (Lipinski definition) is 2. The number of hydrogen-bond acceptors (Lipinski definition) is 6. The average molecular weight is 440 g/mol. The van der Waals surface area contributed by atoms with Gasteiger partial charge in [0.2, 0.25) is 5.91 Å². The van der Waals surface area contributed by atoms with E-state index in [-0.39, 0.29) is 18.7 Å². The van der Waals surface area contributed by atoms with Gasteiger partial charge < -0.3 is 20.1 Å². The van der Waals surface area contributed by atoms with Gasteiger partial charge in [0.1, 0.15) is 0 Å². The van der Waals surface area contributed by atoms with Gasteiger partial charge in [-0.25, -0.2) is 4.79 Å². The van der Waals surface area contributed by atoms with Crippen LogP contribution in [-0.4, -0.2) is 37.0 Å². The van der Waals surface area contributed by atoms with Crippen LogP contribution in [0.15, 0.2) is 48.5 Å². The number of benzene rings is 2. The van der Waals surface area contributed by atoms with E-state index in [4.69, 9.17) is 9.47 Å². The minimum atomic E-state index is -0.648. The molecule has 0 spiro atoms. The summed E-state index contributed by atoms with van der Waals surface area (Å²) in [6, 6.07) is 13.5. The Balaban J connectivity index is 1.68. The summed E-state index contributed by atoms with van der Waals surface area (Å²) in [6.45, 7) is 3.81. The van der Waals surface area contributed by atoms with Crippen molar-refractivity contribution in [1.29, 1.82) is 0 Å². The number of nitrogens with one attached hydrogen (secondary N) is 2. The first-order chi connectivity index (χ1) is 15.4. The van der Waals surface area contributed by atoms with Crippen molar-refractivity contribution in [2.75, 3.05) is 23.8 Å². The van der Waals surface area contributed by atoms with Crippen LogP contribution in [0.2, 0.25) is 0 Å². The van der Waals surface area contributed by atoms with E-state index in [1.807, 2.05) is 32.0 Å². The maximum absolute atomic E-state index is 12.0. The molecule has 0 heterocycles. The van der Waals surface area contributed by atoms with E-state index in [0.717, 1.165) is 18.4 Å². The molecule has 0 aliphatic heterocycles. The monoisotopic (exact) mass is 440 g/mol. The van der Waals surface area contributed by atoms with Gasteiger partial charge in [-0.05, 0) is 55.3 Å². The van der Waals surface area contributed by atoms with E-state index in [9.17, 15) is 19.2 Å². The van der Waals surface area contributed by atoms with Gasteiger partial charge in [0.15, 0.2) is 6.61 Å². The summed E-state index contributed by atoms with van der Waals surface area (Å²) in [4.78, 5) is 47.6. The zero-order valence-corrected chi connectivity index (χ0v) is 18.3. The molecule has 32 heavy (non-hydrogen) atoms. The van der Waals surface area contributed by atoms with Crippen molar-refractivity contribution in [2.24, 2.45) is 0 Å². The molecule has 0 radical (unpaired) electrons. The van der Waals surface area contributed by atoms with Crippen LogP contribution in [0.4, 0.5) is 11.4 Å². The van der Waals surface area contributed by atoms with E-state index >= 15 is 0 Å². The molecular weight excluding hydrogens is 412 g/mol. The summed E-state index contributed by atoms with van der Waals surface area (Å²) in [7, 11) is 0. The molecule has 2 rings (SSSR count). The minimum absolute atomic E-state index is 0.0514. The number of esters is 2. The zero-order chi connectivity index (χ0) is 23.3. The van der Waals surface area contributed by atoms with Crippen molar-refractivity contribution in [1.82, 2.24) is 0 Å². The van der Waals surface area contributed by atoms with Gasteiger partial charge in [-0.2, -0.15) is 0 Å². The molecule has 0 fully saturated rings. The van der Waals surface area contributed by atoms with Gasteiger partial charge in [-0.1, -0.05) is 25.5 Å². The maximum Gasteiger partial charge on any atom is 0.338 e. The molecule has 0 atom stereocenters. The predicted octanol–water partition coefficient (Wildman–Crippen LogP) is 3.85. The topological polar surface area (TPSA) is 111 Å². The summed E-state index contributed by atoms with van der Waals surface area (Å²) in [6.07, 6.45) is 1.55. The van der Waals surface area contributed by atoms with Gasteiger partial charge in [-0.15, -0.1) is 0 Å².